The van der Waals surface area contributed by atoms with Crippen LogP contribution in [-0.4, -0.2) is 27.8 Å². The van der Waals surface area contributed by atoms with Crippen molar-refractivity contribution < 1.29 is 17.6 Å². The molecule has 1 N–H and O–H groups in total. The minimum atomic E-state index is -4.30. The Morgan fingerprint density at radius 2 is 2.06 bits per heavy atom. The van der Waals surface area contributed by atoms with Crippen molar-refractivity contribution in [2.75, 3.05) is 11.2 Å². The smallest absolute Gasteiger partial charge is 0.408 e. The number of anilines is 1. The fourth-order valence-electron chi connectivity index (χ4n) is 1.30. The summed E-state index contributed by atoms with van der Waals surface area (Å²) in [5.74, 6) is 0.516. The zero-order valence-electron chi connectivity index (χ0n) is 8.14. The highest BCUT2D eigenvalue weighted by Crippen LogP contribution is 2.50. The fourth-order valence-corrected chi connectivity index (χ4v) is 1.46. The van der Waals surface area contributed by atoms with Crippen LogP contribution in [0.1, 0.15) is 18.7 Å². The second kappa shape index (κ2) is 3.80. The summed E-state index contributed by atoms with van der Waals surface area (Å²) in [6.07, 6.45) is -3.89. The maximum atomic E-state index is 12.6. The van der Waals surface area contributed by atoms with Crippen LogP contribution in [0.3, 0.4) is 0 Å². The van der Waals surface area contributed by atoms with E-state index in [1.807, 2.05) is 0 Å². The molecule has 1 aliphatic rings. The van der Waals surface area contributed by atoms with Crippen LogP contribution in [0.5, 0.6) is 0 Å². The van der Waals surface area contributed by atoms with Crippen molar-refractivity contribution >= 4 is 17.6 Å². The van der Waals surface area contributed by atoms with E-state index >= 15 is 0 Å². The van der Waals surface area contributed by atoms with E-state index in [0.29, 0.717) is 6.42 Å². The second-order valence-corrected chi connectivity index (χ2v) is 4.02. The van der Waals surface area contributed by atoms with Crippen molar-refractivity contribution in [1.82, 2.24) is 10.2 Å². The Bertz CT molecular complexity index is 375. The highest BCUT2D eigenvalue weighted by atomic mass is 35.5. The van der Waals surface area contributed by atoms with Crippen LogP contribution in [0.4, 0.5) is 19.2 Å². The number of aryl methyl sites for hydroxylation is 1. The molecule has 0 atom stereocenters. The molecule has 4 nitrogen and oxygen atoms in total. The molecule has 16 heavy (non-hydrogen) atoms. The van der Waals surface area contributed by atoms with Gasteiger partial charge in [-0.05, 0) is 12.8 Å². The number of nitrogens with one attached hydrogen (secondary N) is 1. The average molecular weight is 256 g/mol. The molecule has 0 amide bonds. The van der Waals surface area contributed by atoms with Gasteiger partial charge in [-0.3, -0.25) is 0 Å². The molecule has 0 unspecified atom stereocenters. The van der Waals surface area contributed by atoms with Crippen molar-refractivity contribution in [1.29, 1.82) is 0 Å². The maximum absolute atomic E-state index is 12.6. The number of alkyl halides is 4. The number of aromatic nitrogens is 2. The summed E-state index contributed by atoms with van der Waals surface area (Å²) in [5, 5.41) is 9.30. The molecular weight excluding hydrogens is 247 g/mol. The Labute approximate surface area is 94.2 Å². The molecule has 0 radical (unpaired) electrons. The molecule has 1 fully saturated rings. The predicted octanol–water partition coefficient (Wildman–Crippen LogP) is 2.36. The van der Waals surface area contributed by atoms with Crippen LogP contribution in [0.15, 0.2) is 4.42 Å². The number of rotatable bonds is 4. The van der Waals surface area contributed by atoms with Crippen LogP contribution in [0, 0.1) is 0 Å². The summed E-state index contributed by atoms with van der Waals surface area (Å²) in [4.78, 5) is 0. The van der Waals surface area contributed by atoms with Gasteiger partial charge in [-0.2, -0.15) is 13.2 Å². The molecular formula is C8H9ClF3N3O. The van der Waals surface area contributed by atoms with Crippen molar-refractivity contribution in [3.63, 3.8) is 0 Å². The molecule has 2 rings (SSSR count). The first-order chi connectivity index (χ1) is 7.47. The first-order valence-electron chi connectivity index (χ1n) is 4.70. The average Bonchev–Trinajstić information content (AvgIpc) is 2.83. The topological polar surface area (TPSA) is 51.0 Å². The Kier molecular flexibility index (Phi) is 2.73. The van der Waals surface area contributed by atoms with Crippen LogP contribution in [0.2, 0.25) is 0 Å². The quantitative estimate of drug-likeness (QED) is 0.839. The van der Waals surface area contributed by atoms with Gasteiger partial charge in [-0.1, -0.05) is 5.10 Å². The zero-order chi connectivity index (χ0) is 11.8. The van der Waals surface area contributed by atoms with Gasteiger partial charge in [0.05, 0.1) is 0 Å². The maximum Gasteiger partial charge on any atom is 0.411 e. The standard InChI is InChI=1S/C8H9ClF3N3O/c9-4-1-5-14-15-6(16-5)13-7(2-3-7)8(10,11)12/h1-4H2,(H,13,15). The van der Waals surface area contributed by atoms with E-state index in [2.05, 4.69) is 15.5 Å². The van der Waals surface area contributed by atoms with Crippen LogP contribution >= 0.6 is 11.6 Å². The predicted molar refractivity (Wildman–Crippen MR) is 50.4 cm³/mol. The number of hydrogen-bond acceptors (Lipinski definition) is 4. The van der Waals surface area contributed by atoms with E-state index in [0.717, 1.165) is 0 Å². The molecule has 0 saturated heterocycles. The van der Waals surface area contributed by atoms with Crippen LogP contribution in [-0.2, 0) is 6.42 Å². The van der Waals surface area contributed by atoms with E-state index < -0.39 is 11.7 Å². The van der Waals surface area contributed by atoms with E-state index in [1.165, 1.54) is 0 Å². The third-order valence-electron chi connectivity index (χ3n) is 2.41. The third-order valence-corrected chi connectivity index (χ3v) is 2.60. The lowest BCUT2D eigenvalue weighted by Gasteiger charge is -2.18. The van der Waals surface area contributed by atoms with Gasteiger partial charge in [-0.25, -0.2) is 0 Å². The Morgan fingerprint density at radius 3 is 2.56 bits per heavy atom. The summed E-state index contributed by atoms with van der Waals surface area (Å²) >= 11 is 5.44. The van der Waals surface area contributed by atoms with Gasteiger partial charge in [0, 0.05) is 12.3 Å². The van der Waals surface area contributed by atoms with Gasteiger partial charge in [0.25, 0.3) is 0 Å². The fraction of sp³-hybridized carbons (Fsp3) is 0.750. The van der Waals surface area contributed by atoms with E-state index in [-0.39, 0.29) is 30.6 Å². The molecule has 0 bridgehead atoms. The number of halogens is 4. The summed E-state index contributed by atoms with van der Waals surface area (Å²) in [5.41, 5.74) is -1.88. The molecule has 0 spiro atoms. The van der Waals surface area contributed by atoms with Gasteiger partial charge in [0.2, 0.25) is 5.89 Å². The van der Waals surface area contributed by atoms with E-state index in [1.54, 1.807) is 0 Å². The molecule has 0 aromatic carbocycles. The van der Waals surface area contributed by atoms with Gasteiger partial charge < -0.3 is 9.73 Å². The van der Waals surface area contributed by atoms with Gasteiger partial charge in [0.1, 0.15) is 5.54 Å². The van der Waals surface area contributed by atoms with Crippen molar-refractivity contribution in [2.45, 2.75) is 31.0 Å². The highest BCUT2D eigenvalue weighted by Gasteiger charge is 2.64. The van der Waals surface area contributed by atoms with Gasteiger partial charge in [-0.15, -0.1) is 16.7 Å². The molecule has 1 aromatic heterocycles. The molecule has 8 heteroatoms. The normalized spacial score (nSPS) is 18.5. The molecule has 1 heterocycles. The van der Waals surface area contributed by atoms with Crippen molar-refractivity contribution in [3.05, 3.63) is 5.89 Å². The Balaban J connectivity index is 2.04. The summed E-state index contributed by atoms with van der Waals surface area (Å²) in [6, 6.07) is -0.199. The molecule has 1 aromatic rings. The Morgan fingerprint density at radius 1 is 1.38 bits per heavy atom. The monoisotopic (exact) mass is 255 g/mol. The summed E-state index contributed by atoms with van der Waals surface area (Å²) in [7, 11) is 0. The third kappa shape index (κ3) is 2.09. The first-order valence-corrected chi connectivity index (χ1v) is 5.23. The largest absolute Gasteiger partial charge is 0.411 e. The lowest BCUT2D eigenvalue weighted by Crippen LogP contribution is -2.38. The first kappa shape index (κ1) is 11.5. The molecule has 0 aliphatic heterocycles. The second-order valence-electron chi connectivity index (χ2n) is 3.64. The Hall–Kier alpha value is -0.980. The SMILES string of the molecule is FC(F)(F)C1(Nc2nnc(CCCl)o2)CC1. The summed E-state index contributed by atoms with van der Waals surface area (Å²) < 4.78 is 42.7. The minimum Gasteiger partial charge on any atom is -0.408 e. The van der Waals surface area contributed by atoms with Gasteiger partial charge >= 0.3 is 12.2 Å². The van der Waals surface area contributed by atoms with E-state index in [9.17, 15) is 13.2 Å². The number of nitrogens with zero attached hydrogens (tertiary/aromatic N) is 2. The van der Waals surface area contributed by atoms with E-state index in [4.69, 9.17) is 16.0 Å². The zero-order valence-corrected chi connectivity index (χ0v) is 8.90. The van der Waals surface area contributed by atoms with Crippen LogP contribution in [0.25, 0.3) is 0 Å². The summed E-state index contributed by atoms with van der Waals surface area (Å²) in [6.45, 7) is 0. The van der Waals surface area contributed by atoms with Gasteiger partial charge in [0.15, 0.2) is 0 Å². The lowest BCUT2D eigenvalue weighted by molar-refractivity contribution is -0.151. The van der Waals surface area contributed by atoms with Crippen molar-refractivity contribution in [3.8, 4) is 0 Å². The minimum absolute atomic E-state index is 0.0315. The molecule has 1 saturated carbocycles. The number of hydrogen-bond donors (Lipinski definition) is 1. The molecule has 1 aliphatic carbocycles. The molecule has 90 valence electrons. The highest BCUT2D eigenvalue weighted by molar-refractivity contribution is 6.17. The lowest BCUT2D eigenvalue weighted by atomic mass is 10.3. The van der Waals surface area contributed by atoms with Crippen LogP contribution < -0.4 is 5.32 Å². The van der Waals surface area contributed by atoms with Crippen molar-refractivity contribution in [2.24, 2.45) is 0 Å².